The molecule has 4 nitrogen and oxygen atoms in total. The Morgan fingerprint density at radius 3 is 3.20 bits per heavy atom. The summed E-state index contributed by atoms with van der Waals surface area (Å²) in [7, 11) is 0. The topological polar surface area (TPSA) is 56.7 Å². The van der Waals surface area contributed by atoms with Crippen molar-refractivity contribution in [2.45, 2.75) is 0 Å². The molecule has 0 radical (unpaired) electrons. The molecule has 0 aliphatic carbocycles. The minimum atomic E-state index is 0.759. The van der Waals surface area contributed by atoms with Crippen LogP contribution in [0.3, 0.4) is 0 Å². The summed E-state index contributed by atoms with van der Waals surface area (Å²) in [6.45, 7) is 0. The maximum absolute atomic E-state index is 5.50. The van der Waals surface area contributed by atoms with Crippen molar-refractivity contribution in [2.24, 2.45) is 0 Å². The van der Waals surface area contributed by atoms with E-state index in [9.17, 15) is 0 Å². The van der Waals surface area contributed by atoms with Crippen molar-refractivity contribution in [1.29, 1.82) is 0 Å². The number of aromatic nitrogens is 3. The number of fused-ring (bicyclic) bond motifs is 1. The van der Waals surface area contributed by atoms with Crippen molar-refractivity contribution in [2.75, 3.05) is 5.84 Å². The lowest BCUT2D eigenvalue weighted by Gasteiger charge is -1.91. The molecule has 2 aromatic heterocycles. The van der Waals surface area contributed by atoms with Crippen LogP contribution in [0.4, 0.5) is 0 Å². The first kappa shape index (κ1) is 5.22. The molecule has 0 saturated heterocycles. The van der Waals surface area contributed by atoms with E-state index in [0.29, 0.717) is 0 Å². The molecule has 0 unspecified atom stereocenters. The second-order valence-corrected chi connectivity index (χ2v) is 2.02. The van der Waals surface area contributed by atoms with E-state index in [1.807, 2.05) is 6.07 Å². The van der Waals surface area contributed by atoms with Crippen LogP contribution < -0.4 is 5.84 Å². The van der Waals surface area contributed by atoms with Gasteiger partial charge in [-0.15, -0.1) is 0 Å². The molecular formula is C6H6N4. The minimum absolute atomic E-state index is 0.759. The maximum atomic E-state index is 5.50. The molecule has 2 rings (SSSR count). The van der Waals surface area contributed by atoms with Crippen molar-refractivity contribution in [3.63, 3.8) is 0 Å². The van der Waals surface area contributed by atoms with Gasteiger partial charge in [-0.3, -0.25) is 4.68 Å². The van der Waals surface area contributed by atoms with Gasteiger partial charge in [-0.05, 0) is 6.07 Å². The molecule has 50 valence electrons. The second kappa shape index (κ2) is 1.70. The van der Waals surface area contributed by atoms with Crippen LogP contribution in [-0.2, 0) is 0 Å². The summed E-state index contributed by atoms with van der Waals surface area (Å²) < 4.78 is 1.47. The summed E-state index contributed by atoms with van der Waals surface area (Å²) >= 11 is 0. The van der Waals surface area contributed by atoms with Crippen LogP contribution in [0.15, 0.2) is 24.8 Å². The van der Waals surface area contributed by atoms with Crippen molar-refractivity contribution in [3.8, 4) is 0 Å². The zero-order valence-corrected chi connectivity index (χ0v) is 5.23. The van der Waals surface area contributed by atoms with E-state index in [4.69, 9.17) is 5.84 Å². The highest BCUT2D eigenvalue weighted by Gasteiger charge is 1.95. The third-order valence-electron chi connectivity index (χ3n) is 1.38. The summed E-state index contributed by atoms with van der Waals surface area (Å²) in [6.07, 6.45) is 4.96. The molecule has 10 heavy (non-hydrogen) atoms. The maximum Gasteiger partial charge on any atom is 0.161 e. The van der Waals surface area contributed by atoms with Gasteiger partial charge in [0.05, 0.1) is 0 Å². The zero-order valence-electron chi connectivity index (χ0n) is 5.23. The van der Waals surface area contributed by atoms with Gasteiger partial charge in [0.15, 0.2) is 5.65 Å². The van der Waals surface area contributed by atoms with Gasteiger partial charge in [0, 0.05) is 17.8 Å². The fourth-order valence-corrected chi connectivity index (χ4v) is 0.898. The molecule has 0 spiro atoms. The lowest BCUT2D eigenvalue weighted by molar-refractivity contribution is 1.03. The third-order valence-corrected chi connectivity index (χ3v) is 1.38. The fraction of sp³-hybridized carbons (Fsp3) is 0. The van der Waals surface area contributed by atoms with E-state index in [0.717, 1.165) is 11.0 Å². The molecule has 0 amide bonds. The highest BCUT2D eigenvalue weighted by Crippen LogP contribution is 2.06. The van der Waals surface area contributed by atoms with E-state index < -0.39 is 0 Å². The number of nitrogens with two attached hydrogens (primary N) is 1. The predicted molar refractivity (Wildman–Crippen MR) is 37.7 cm³/mol. The normalized spacial score (nSPS) is 10.4. The Morgan fingerprint density at radius 1 is 1.50 bits per heavy atom. The van der Waals surface area contributed by atoms with Crippen molar-refractivity contribution < 1.29 is 0 Å². The Balaban J connectivity index is 2.93. The van der Waals surface area contributed by atoms with E-state index in [1.54, 1.807) is 12.4 Å². The predicted octanol–water partition coefficient (Wildman–Crippen LogP) is 0.145. The molecule has 0 bridgehead atoms. The van der Waals surface area contributed by atoms with Crippen molar-refractivity contribution >= 4 is 11.0 Å². The summed E-state index contributed by atoms with van der Waals surface area (Å²) in [5.74, 6) is 5.50. The van der Waals surface area contributed by atoms with E-state index in [2.05, 4.69) is 9.97 Å². The smallest absolute Gasteiger partial charge is 0.161 e. The Kier molecular flexibility index (Phi) is 0.887. The molecule has 4 heteroatoms. The van der Waals surface area contributed by atoms with E-state index in [-0.39, 0.29) is 0 Å². The number of rotatable bonds is 0. The van der Waals surface area contributed by atoms with Gasteiger partial charge < -0.3 is 5.84 Å². The summed E-state index contributed by atoms with van der Waals surface area (Å²) in [5.41, 5.74) is 0.759. The van der Waals surface area contributed by atoms with E-state index >= 15 is 0 Å². The van der Waals surface area contributed by atoms with Gasteiger partial charge >= 0.3 is 0 Å². The van der Waals surface area contributed by atoms with Crippen LogP contribution in [0.25, 0.3) is 11.0 Å². The summed E-state index contributed by atoms with van der Waals surface area (Å²) in [6, 6.07) is 1.87. The summed E-state index contributed by atoms with van der Waals surface area (Å²) in [4.78, 5) is 7.81. The second-order valence-electron chi connectivity index (χ2n) is 2.02. The average Bonchev–Trinajstić information content (AvgIpc) is 2.34. The standard InChI is InChI=1S/C6H6N4/c7-10-2-1-5-3-8-4-9-6(5)10/h1-4H,7H2. The Morgan fingerprint density at radius 2 is 2.40 bits per heavy atom. The van der Waals surface area contributed by atoms with Crippen LogP contribution in [0.2, 0.25) is 0 Å². The number of nitrogens with zero attached hydrogens (tertiary/aromatic N) is 3. The number of hydrogen-bond donors (Lipinski definition) is 1. The molecule has 0 atom stereocenters. The lowest BCUT2D eigenvalue weighted by atomic mass is 10.4. The van der Waals surface area contributed by atoms with Crippen molar-refractivity contribution in [1.82, 2.24) is 14.6 Å². The molecule has 0 aromatic carbocycles. The molecule has 2 aromatic rings. The molecule has 2 heterocycles. The Hall–Kier alpha value is -1.58. The SMILES string of the molecule is Nn1ccc2cncnc21. The first-order valence-electron chi connectivity index (χ1n) is 2.90. The monoisotopic (exact) mass is 134 g/mol. The highest BCUT2D eigenvalue weighted by atomic mass is 15.3. The van der Waals surface area contributed by atoms with Gasteiger partial charge in [0.2, 0.25) is 0 Å². The first-order valence-corrected chi connectivity index (χ1v) is 2.90. The zero-order chi connectivity index (χ0) is 6.97. The van der Waals surface area contributed by atoms with Gasteiger partial charge in [0.1, 0.15) is 6.33 Å². The minimum Gasteiger partial charge on any atom is -0.338 e. The Labute approximate surface area is 57.3 Å². The van der Waals surface area contributed by atoms with Crippen LogP contribution in [0.1, 0.15) is 0 Å². The van der Waals surface area contributed by atoms with Gasteiger partial charge in [-0.25, -0.2) is 9.97 Å². The fourth-order valence-electron chi connectivity index (χ4n) is 0.898. The van der Waals surface area contributed by atoms with Gasteiger partial charge in [-0.1, -0.05) is 0 Å². The van der Waals surface area contributed by atoms with Gasteiger partial charge in [-0.2, -0.15) is 0 Å². The molecule has 0 aliphatic rings. The van der Waals surface area contributed by atoms with Crippen molar-refractivity contribution in [3.05, 3.63) is 24.8 Å². The quantitative estimate of drug-likeness (QED) is 0.521. The van der Waals surface area contributed by atoms with Crippen LogP contribution in [0.5, 0.6) is 0 Å². The highest BCUT2D eigenvalue weighted by molar-refractivity contribution is 5.74. The third kappa shape index (κ3) is 0.556. The van der Waals surface area contributed by atoms with E-state index in [1.165, 1.54) is 11.0 Å². The molecule has 0 aliphatic heterocycles. The Bertz CT molecular complexity index is 351. The van der Waals surface area contributed by atoms with Crippen LogP contribution in [-0.4, -0.2) is 14.6 Å². The van der Waals surface area contributed by atoms with Crippen LogP contribution >= 0.6 is 0 Å². The first-order chi connectivity index (χ1) is 4.88. The molecule has 2 N–H and O–H groups in total. The summed E-state index contributed by atoms with van der Waals surface area (Å²) in [5, 5.41) is 0.963. The largest absolute Gasteiger partial charge is 0.338 e. The van der Waals surface area contributed by atoms with Crippen LogP contribution in [0, 0.1) is 0 Å². The number of nitrogen functional groups attached to an aromatic ring is 1. The van der Waals surface area contributed by atoms with Gasteiger partial charge in [0.25, 0.3) is 0 Å². The molecule has 0 fully saturated rings. The average molecular weight is 134 g/mol. The lowest BCUT2D eigenvalue weighted by Crippen LogP contribution is -2.05. The molecular weight excluding hydrogens is 128 g/mol. The number of hydrogen-bond acceptors (Lipinski definition) is 3. The molecule has 0 saturated carbocycles.